The predicted molar refractivity (Wildman–Crippen MR) is 79.3 cm³/mol. The van der Waals surface area contributed by atoms with E-state index in [9.17, 15) is 4.79 Å². The van der Waals surface area contributed by atoms with Gasteiger partial charge >= 0.3 is 13.1 Å². The average Bonchev–Trinajstić information content (AvgIpc) is 2.92. The highest BCUT2D eigenvalue weighted by Crippen LogP contribution is 2.36. The number of hydrogen-bond acceptors (Lipinski definition) is 5. The molecule has 1 aromatic heterocycles. The fourth-order valence-corrected chi connectivity index (χ4v) is 2.04. The highest BCUT2D eigenvalue weighted by atomic mass is 16.7. The second-order valence-electron chi connectivity index (χ2n) is 6.27. The predicted octanol–water partition coefficient (Wildman–Crippen LogP) is 1.31. The normalized spacial score (nSPS) is 21.3. The third-order valence-electron chi connectivity index (χ3n) is 4.17. The van der Waals surface area contributed by atoms with Gasteiger partial charge in [-0.1, -0.05) is 0 Å². The Bertz CT molecular complexity index is 511. The van der Waals surface area contributed by atoms with Crippen molar-refractivity contribution in [3.8, 4) is 0 Å². The van der Waals surface area contributed by atoms with Gasteiger partial charge in [-0.2, -0.15) is 5.10 Å². The lowest BCUT2D eigenvalue weighted by atomic mass is 9.82. The maximum Gasteiger partial charge on any atom is 0.498 e. The standard InChI is InChI=1S/C14H23BN2O4/c1-7-19-12(18)10(2)17-9-11(8-16-17)15-20-13(3,4)14(5,6)21-15/h8-10H,7H2,1-6H3. The Kier molecular flexibility index (Phi) is 4.17. The zero-order valence-corrected chi connectivity index (χ0v) is 13.5. The van der Waals surface area contributed by atoms with Gasteiger partial charge in [0.25, 0.3) is 0 Å². The van der Waals surface area contributed by atoms with Crippen LogP contribution in [-0.2, 0) is 18.8 Å². The number of rotatable bonds is 4. The minimum absolute atomic E-state index is 0.305. The maximum atomic E-state index is 11.7. The minimum Gasteiger partial charge on any atom is -0.464 e. The highest BCUT2D eigenvalue weighted by molar-refractivity contribution is 6.62. The molecule has 0 bridgehead atoms. The van der Waals surface area contributed by atoms with Crippen molar-refractivity contribution in [2.45, 2.75) is 58.8 Å². The second kappa shape index (κ2) is 5.46. The summed E-state index contributed by atoms with van der Waals surface area (Å²) in [6, 6.07) is -0.471. The number of hydrogen-bond donors (Lipinski definition) is 0. The summed E-state index contributed by atoms with van der Waals surface area (Å²) in [5.74, 6) is -0.305. The van der Waals surface area contributed by atoms with E-state index in [0.29, 0.717) is 6.61 Å². The van der Waals surface area contributed by atoms with Crippen LogP contribution in [0.1, 0.15) is 47.6 Å². The Morgan fingerprint density at radius 1 is 1.38 bits per heavy atom. The van der Waals surface area contributed by atoms with Gasteiger partial charge in [-0.05, 0) is 41.5 Å². The molecular formula is C14H23BN2O4. The van der Waals surface area contributed by atoms with Gasteiger partial charge in [-0.25, -0.2) is 4.79 Å². The van der Waals surface area contributed by atoms with E-state index in [-0.39, 0.29) is 5.97 Å². The van der Waals surface area contributed by atoms with Crippen molar-refractivity contribution >= 4 is 18.6 Å². The van der Waals surface area contributed by atoms with Gasteiger partial charge in [0, 0.05) is 17.9 Å². The summed E-state index contributed by atoms with van der Waals surface area (Å²) in [5.41, 5.74) is 0.00350. The number of aromatic nitrogens is 2. The fraction of sp³-hybridized carbons (Fsp3) is 0.714. The number of ether oxygens (including phenoxy) is 1. The van der Waals surface area contributed by atoms with Crippen LogP contribution in [0, 0.1) is 0 Å². The molecule has 2 heterocycles. The quantitative estimate of drug-likeness (QED) is 0.619. The highest BCUT2D eigenvalue weighted by Gasteiger charge is 2.52. The Balaban J connectivity index is 2.13. The summed E-state index contributed by atoms with van der Waals surface area (Å²) in [6.07, 6.45) is 3.43. The van der Waals surface area contributed by atoms with Crippen molar-refractivity contribution < 1.29 is 18.8 Å². The Hall–Kier alpha value is -1.34. The van der Waals surface area contributed by atoms with Crippen molar-refractivity contribution in [2.24, 2.45) is 0 Å². The molecule has 2 rings (SSSR count). The molecule has 7 heteroatoms. The lowest BCUT2D eigenvalue weighted by Gasteiger charge is -2.32. The number of nitrogens with zero attached hydrogens (tertiary/aromatic N) is 2. The first kappa shape index (κ1) is 16.0. The Labute approximate surface area is 125 Å². The SMILES string of the molecule is CCOC(=O)C(C)n1cc(B2OC(C)(C)C(C)(C)O2)cn1. The molecule has 1 aromatic rings. The van der Waals surface area contributed by atoms with Crippen molar-refractivity contribution in [3.05, 3.63) is 12.4 Å². The molecule has 1 atom stereocenters. The number of carbonyl (C=O) groups is 1. The van der Waals surface area contributed by atoms with E-state index in [2.05, 4.69) is 5.10 Å². The van der Waals surface area contributed by atoms with Crippen LogP contribution in [0.25, 0.3) is 0 Å². The lowest BCUT2D eigenvalue weighted by molar-refractivity contribution is -0.146. The van der Waals surface area contributed by atoms with Gasteiger partial charge in [-0.3, -0.25) is 4.68 Å². The van der Waals surface area contributed by atoms with Gasteiger partial charge in [0.05, 0.1) is 17.8 Å². The molecule has 1 aliphatic rings. The first-order valence-corrected chi connectivity index (χ1v) is 7.24. The molecule has 0 N–H and O–H groups in total. The van der Waals surface area contributed by atoms with Crippen LogP contribution in [0.5, 0.6) is 0 Å². The topological polar surface area (TPSA) is 62.6 Å². The molecule has 0 aliphatic carbocycles. The smallest absolute Gasteiger partial charge is 0.464 e. The third-order valence-corrected chi connectivity index (χ3v) is 4.17. The van der Waals surface area contributed by atoms with E-state index >= 15 is 0 Å². The van der Waals surface area contributed by atoms with Crippen LogP contribution < -0.4 is 5.46 Å². The largest absolute Gasteiger partial charge is 0.498 e. The van der Waals surface area contributed by atoms with Crippen LogP contribution >= 0.6 is 0 Å². The van der Waals surface area contributed by atoms with Gasteiger partial charge in [-0.15, -0.1) is 0 Å². The van der Waals surface area contributed by atoms with E-state index in [0.717, 1.165) is 5.46 Å². The summed E-state index contributed by atoms with van der Waals surface area (Å²) in [6.45, 7) is 11.9. The average molecular weight is 294 g/mol. The fourth-order valence-electron chi connectivity index (χ4n) is 2.04. The zero-order chi connectivity index (χ0) is 15.8. The van der Waals surface area contributed by atoms with Crippen LogP contribution in [0.4, 0.5) is 0 Å². The van der Waals surface area contributed by atoms with Crippen LogP contribution in [0.3, 0.4) is 0 Å². The van der Waals surface area contributed by atoms with Crippen LogP contribution in [0.2, 0.25) is 0 Å². The molecule has 0 radical (unpaired) electrons. The van der Waals surface area contributed by atoms with Crippen molar-refractivity contribution in [1.29, 1.82) is 0 Å². The second-order valence-corrected chi connectivity index (χ2v) is 6.27. The molecule has 1 aliphatic heterocycles. The molecule has 1 saturated heterocycles. The Morgan fingerprint density at radius 3 is 2.48 bits per heavy atom. The summed E-state index contributed by atoms with van der Waals surface area (Å²) < 4.78 is 18.5. The van der Waals surface area contributed by atoms with Gasteiger partial charge in [0.15, 0.2) is 0 Å². The van der Waals surface area contributed by atoms with E-state index in [4.69, 9.17) is 14.0 Å². The van der Waals surface area contributed by atoms with Crippen molar-refractivity contribution in [3.63, 3.8) is 0 Å². The maximum absolute atomic E-state index is 11.7. The molecular weight excluding hydrogens is 271 g/mol. The van der Waals surface area contributed by atoms with E-state index in [1.807, 2.05) is 27.7 Å². The first-order valence-electron chi connectivity index (χ1n) is 7.24. The number of esters is 1. The van der Waals surface area contributed by atoms with Crippen LogP contribution in [0.15, 0.2) is 12.4 Å². The van der Waals surface area contributed by atoms with Crippen molar-refractivity contribution in [1.82, 2.24) is 9.78 Å². The summed E-state index contributed by atoms with van der Waals surface area (Å²) in [7, 11) is -0.474. The Morgan fingerprint density at radius 2 is 1.95 bits per heavy atom. The van der Waals surface area contributed by atoms with Crippen LogP contribution in [-0.4, -0.2) is 40.7 Å². The molecule has 21 heavy (non-hydrogen) atoms. The monoisotopic (exact) mass is 294 g/mol. The summed E-state index contributed by atoms with van der Waals surface area (Å²) >= 11 is 0. The van der Waals surface area contributed by atoms with Crippen molar-refractivity contribution in [2.75, 3.05) is 6.61 Å². The first-order chi connectivity index (χ1) is 9.68. The molecule has 0 aromatic carbocycles. The molecule has 1 fully saturated rings. The van der Waals surface area contributed by atoms with E-state index in [1.54, 1.807) is 30.9 Å². The molecule has 0 spiro atoms. The van der Waals surface area contributed by atoms with E-state index in [1.165, 1.54) is 0 Å². The number of carbonyl (C=O) groups excluding carboxylic acids is 1. The zero-order valence-electron chi connectivity index (χ0n) is 13.5. The third kappa shape index (κ3) is 2.99. The molecule has 0 saturated carbocycles. The van der Waals surface area contributed by atoms with Gasteiger partial charge < -0.3 is 14.0 Å². The molecule has 116 valence electrons. The lowest BCUT2D eigenvalue weighted by Crippen LogP contribution is -2.41. The molecule has 1 unspecified atom stereocenters. The molecule has 6 nitrogen and oxygen atoms in total. The van der Waals surface area contributed by atoms with E-state index < -0.39 is 24.4 Å². The molecule has 0 amide bonds. The minimum atomic E-state index is -0.474. The summed E-state index contributed by atoms with van der Waals surface area (Å²) in [5, 5.41) is 4.22. The van der Waals surface area contributed by atoms with Gasteiger partial charge in [0.1, 0.15) is 6.04 Å². The summed E-state index contributed by atoms with van der Waals surface area (Å²) in [4.78, 5) is 11.7. The van der Waals surface area contributed by atoms with Gasteiger partial charge in [0.2, 0.25) is 0 Å².